The lowest BCUT2D eigenvalue weighted by atomic mass is 9.80. The molecule has 1 fully saturated rings. The third-order valence-corrected chi connectivity index (χ3v) is 31.5. The standard InChI is InChI=1S/C75H106N2Si3/c1-21-78(22-2)63-48-62(49-64(51-63)79(23-3)24-4)77(61-46-57(74(15,16)17)43-58(47-61)75(18,19)20)70-66-35-31-32-36-67(66)71(69-41-54(37-38-68(69)70)53-33-29-28-30-34-53)76(59-39-52(8)40-65(50-59)80(25-5,26-6)27-7)60-44-55(72(9,10)11)42-56(45-60)73(12,13)14/h31-32,35-51,53,78-79H,21-30,33-34H2,1-20H3. The molecule has 0 amide bonds. The first-order chi connectivity index (χ1) is 37.7. The van der Waals surface area contributed by atoms with Gasteiger partial charge in [-0.25, -0.2) is 0 Å². The molecule has 0 aromatic heterocycles. The van der Waals surface area contributed by atoms with E-state index < -0.39 is 25.7 Å². The van der Waals surface area contributed by atoms with E-state index in [9.17, 15) is 0 Å². The number of rotatable bonds is 17. The Kier molecular flexibility index (Phi) is 18.6. The monoisotopic (exact) mass is 1120 g/mol. The summed E-state index contributed by atoms with van der Waals surface area (Å²) in [5, 5.41) is 10.1. The summed E-state index contributed by atoms with van der Waals surface area (Å²) in [6.07, 6.45) is 6.45. The average Bonchev–Trinajstić information content (AvgIpc) is 3.61. The van der Waals surface area contributed by atoms with E-state index in [0.29, 0.717) is 5.92 Å². The van der Waals surface area contributed by atoms with Crippen molar-refractivity contribution in [3.63, 3.8) is 0 Å². The summed E-state index contributed by atoms with van der Waals surface area (Å²) in [5.41, 5.74) is 15.9. The highest BCUT2D eigenvalue weighted by Crippen LogP contribution is 2.53. The van der Waals surface area contributed by atoms with Crippen molar-refractivity contribution in [1.29, 1.82) is 0 Å². The molecule has 0 heterocycles. The van der Waals surface area contributed by atoms with E-state index in [0.717, 1.165) is 0 Å². The fourth-order valence-electron chi connectivity index (χ4n) is 13.7. The Morgan fingerprint density at radius 2 is 0.800 bits per heavy atom. The molecule has 1 saturated carbocycles. The number of anilines is 6. The SMILES string of the molecule is CC[SiH](CC)c1cc(N(c2cc(C(C)(C)C)cc(C(C)(C)C)c2)c2c3ccccc3c(N(c3cc(C(C)(C)C)cc(C(C)(C)C)c3)c3cc(C)cc([Si](CC)(CC)CC)c3)c3cc(C4CCCCC4)ccc23)cc([SiH](CC)CC)c1. The summed E-state index contributed by atoms with van der Waals surface area (Å²) in [5.74, 6) is 0.542. The van der Waals surface area contributed by atoms with E-state index in [1.54, 1.807) is 15.6 Å². The second-order valence-electron chi connectivity index (χ2n) is 28.9. The van der Waals surface area contributed by atoms with Crippen molar-refractivity contribution >= 4 is 96.9 Å². The Morgan fingerprint density at radius 3 is 1.20 bits per heavy atom. The molecule has 80 heavy (non-hydrogen) atoms. The maximum Gasteiger partial charge on any atom is 0.0860 e. The number of hydrogen-bond donors (Lipinski definition) is 0. The van der Waals surface area contributed by atoms with Crippen LogP contribution in [0.25, 0.3) is 21.5 Å². The molecule has 0 saturated heterocycles. The van der Waals surface area contributed by atoms with Gasteiger partial charge in [-0.15, -0.1) is 0 Å². The number of nitrogens with zero attached hydrogens (tertiary/aromatic N) is 2. The lowest BCUT2D eigenvalue weighted by Gasteiger charge is -2.37. The molecule has 0 spiro atoms. The van der Waals surface area contributed by atoms with Crippen LogP contribution in [0.5, 0.6) is 0 Å². The van der Waals surface area contributed by atoms with Gasteiger partial charge in [-0.3, -0.25) is 0 Å². The normalized spacial score (nSPS) is 14.3. The van der Waals surface area contributed by atoms with Gasteiger partial charge in [-0.05, 0) is 135 Å². The van der Waals surface area contributed by atoms with Gasteiger partial charge in [0.15, 0.2) is 0 Å². The van der Waals surface area contributed by atoms with Crippen LogP contribution >= 0.6 is 0 Å². The maximum atomic E-state index is 2.80. The zero-order valence-electron chi connectivity index (χ0n) is 54.1. The molecule has 5 heteroatoms. The van der Waals surface area contributed by atoms with Crippen molar-refractivity contribution in [1.82, 2.24) is 0 Å². The van der Waals surface area contributed by atoms with Crippen molar-refractivity contribution in [3.05, 3.63) is 149 Å². The minimum Gasteiger partial charge on any atom is -0.309 e. The average molecular weight is 1120 g/mol. The Bertz CT molecular complexity index is 3180. The first-order valence-electron chi connectivity index (χ1n) is 31.9. The van der Waals surface area contributed by atoms with Gasteiger partial charge in [0.2, 0.25) is 0 Å². The minimum absolute atomic E-state index is 0.0586. The molecule has 0 radical (unpaired) electrons. The Morgan fingerprint density at radius 1 is 0.412 bits per heavy atom. The van der Waals surface area contributed by atoms with Gasteiger partial charge in [0.25, 0.3) is 0 Å². The van der Waals surface area contributed by atoms with Crippen molar-refractivity contribution < 1.29 is 0 Å². The van der Waals surface area contributed by atoms with Gasteiger partial charge in [0.05, 0.1) is 37.0 Å². The summed E-state index contributed by atoms with van der Waals surface area (Å²) in [7, 11) is -4.34. The molecule has 0 unspecified atom stereocenters. The molecule has 0 N–H and O–H groups in total. The van der Waals surface area contributed by atoms with Gasteiger partial charge < -0.3 is 9.80 Å². The van der Waals surface area contributed by atoms with E-state index >= 15 is 0 Å². The Hall–Kier alpha value is -4.69. The molecular formula is C75H106N2Si3. The van der Waals surface area contributed by atoms with E-state index in [2.05, 4.69) is 264 Å². The van der Waals surface area contributed by atoms with Gasteiger partial charge >= 0.3 is 0 Å². The number of benzene rings is 7. The van der Waals surface area contributed by atoms with Crippen molar-refractivity contribution in [2.45, 2.75) is 240 Å². The van der Waals surface area contributed by atoms with Crippen molar-refractivity contribution in [2.24, 2.45) is 0 Å². The summed E-state index contributed by atoms with van der Waals surface area (Å²) in [6.45, 7) is 48.5. The van der Waals surface area contributed by atoms with Crippen LogP contribution in [0.4, 0.5) is 34.1 Å². The topological polar surface area (TPSA) is 6.48 Å². The van der Waals surface area contributed by atoms with Crippen molar-refractivity contribution in [2.75, 3.05) is 9.80 Å². The predicted octanol–water partition coefficient (Wildman–Crippen LogP) is 21.1. The summed E-state index contributed by atoms with van der Waals surface area (Å²) in [4.78, 5) is 5.58. The second-order valence-corrected chi connectivity index (χ2v) is 41.5. The van der Waals surface area contributed by atoms with Crippen LogP contribution in [0, 0.1) is 6.92 Å². The predicted molar refractivity (Wildman–Crippen MR) is 369 cm³/mol. The fourth-order valence-corrected chi connectivity index (χ4v) is 22.3. The first kappa shape index (κ1) is 61.4. The zero-order chi connectivity index (χ0) is 58.3. The van der Waals surface area contributed by atoms with E-state index in [-0.39, 0.29) is 21.7 Å². The van der Waals surface area contributed by atoms with Crippen molar-refractivity contribution in [3.8, 4) is 0 Å². The molecule has 0 bridgehead atoms. The van der Waals surface area contributed by atoms with Gasteiger partial charge in [-0.1, -0.05) is 269 Å². The highest BCUT2D eigenvalue weighted by Gasteiger charge is 2.34. The Labute approximate surface area is 492 Å². The molecule has 2 nitrogen and oxygen atoms in total. The molecule has 7 aromatic carbocycles. The van der Waals surface area contributed by atoms with Crippen LogP contribution in [-0.4, -0.2) is 25.7 Å². The third-order valence-electron chi connectivity index (χ3n) is 19.4. The largest absolute Gasteiger partial charge is 0.309 e. The van der Waals surface area contributed by atoms with Crippen LogP contribution in [0.1, 0.15) is 203 Å². The second kappa shape index (κ2) is 24.3. The first-order valence-corrected chi connectivity index (χ1v) is 39.0. The summed E-state index contributed by atoms with van der Waals surface area (Å²) < 4.78 is 0. The van der Waals surface area contributed by atoms with Gasteiger partial charge in [0, 0.05) is 44.3 Å². The van der Waals surface area contributed by atoms with E-state index in [1.165, 1.54) is 163 Å². The smallest absolute Gasteiger partial charge is 0.0860 e. The quantitative estimate of drug-likeness (QED) is 0.0509. The highest BCUT2D eigenvalue weighted by molar-refractivity contribution is 6.91. The molecule has 7 aromatic rings. The lowest BCUT2D eigenvalue weighted by Crippen LogP contribution is -2.46. The molecule has 0 aliphatic heterocycles. The molecule has 8 rings (SSSR count). The molecule has 1 aliphatic carbocycles. The van der Waals surface area contributed by atoms with Crippen LogP contribution in [0.3, 0.4) is 0 Å². The zero-order valence-corrected chi connectivity index (χ0v) is 57.4. The Balaban J connectivity index is 1.65. The number of aryl methyl sites for hydroxylation is 1. The number of hydrogen-bond acceptors (Lipinski definition) is 2. The molecule has 0 atom stereocenters. The summed E-state index contributed by atoms with van der Waals surface area (Å²) in [6, 6.07) is 57.5. The molecule has 428 valence electrons. The minimum atomic E-state index is -1.82. The third kappa shape index (κ3) is 12.6. The number of fused-ring (bicyclic) bond motifs is 2. The van der Waals surface area contributed by atoms with E-state index in [1.807, 2.05) is 0 Å². The van der Waals surface area contributed by atoms with Gasteiger partial charge in [0.1, 0.15) is 0 Å². The molecular weight excluding hydrogens is 1010 g/mol. The van der Waals surface area contributed by atoms with Crippen LogP contribution in [0.15, 0.2) is 115 Å². The highest BCUT2D eigenvalue weighted by atomic mass is 28.3. The fraction of sp³-hybridized carbons (Fsp3) is 0.493. The molecule has 1 aliphatic rings. The van der Waals surface area contributed by atoms with E-state index in [4.69, 9.17) is 0 Å². The summed E-state index contributed by atoms with van der Waals surface area (Å²) >= 11 is 0. The van der Waals surface area contributed by atoms with Crippen LogP contribution in [-0.2, 0) is 21.7 Å². The maximum absolute atomic E-state index is 2.80. The van der Waals surface area contributed by atoms with Crippen LogP contribution < -0.4 is 25.4 Å². The van der Waals surface area contributed by atoms with Gasteiger partial charge in [-0.2, -0.15) is 0 Å². The lowest BCUT2D eigenvalue weighted by molar-refractivity contribution is 0.444. The van der Waals surface area contributed by atoms with Crippen LogP contribution in [0.2, 0.25) is 42.3 Å².